The van der Waals surface area contributed by atoms with E-state index < -0.39 is 12.6 Å². The van der Waals surface area contributed by atoms with Crippen LogP contribution in [-0.2, 0) is 4.79 Å². The molecule has 0 saturated heterocycles. The molecule has 0 bridgehead atoms. The predicted octanol–water partition coefficient (Wildman–Crippen LogP) is 3.34. The molecule has 0 aliphatic rings. The Morgan fingerprint density at radius 2 is 1.48 bits per heavy atom. The van der Waals surface area contributed by atoms with Gasteiger partial charge in [-0.2, -0.15) is 0 Å². The van der Waals surface area contributed by atoms with Crippen molar-refractivity contribution in [2.45, 2.75) is 20.8 Å². The van der Waals surface area contributed by atoms with Crippen LogP contribution in [0.4, 0.5) is 5.69 Å². The molecule has 1 amide bonds. The molecule has 0 saturated carbocycles. The monoisotopic (exact) mass is 373 g/mol. The minimum Gasteiger partial charge on any atom is -0.493 e. The predicted molar refractivity (Wildman–Crippen MR) is 101 cm³/mol. The number of carboxylic acid groups (broad SMARTS) is 1. The topological polar surface area (TPSA) is 94.1 Å². The molecular formula is C20H23NO6. The summed E-state index contributed by atoms with van der Waals surface area (Å²) in [5, 5.41) is 11.6. The fourth-order valence-electron chi connectivity index (χ4n) is 2.75. The van der Waals surface area contributed by atoms with Gasteiger partial charge in [0.2, 0.25) is 0 Å². The molecule has 0 heterocycles. The second-order valence-electron chi connectivity index (χ2n) is 6.10. The lowest BCUT2D eigenvalue weighted by atomic mass is 10.0. The average Bonchev–Trinajstić information content (AvgIpc) is 2.61. The van der Waals surface area contributed by atoms with E-state index in [0.717, 1.165) is 5.56 Å². The van der Waals surface area contributed by atoms with Crippen LogP contribution in [0.5, 0.6) is 17.2 Å². The largest absolute Gasteiger partial charge is 0.493 e. The molecule has 2 N–H and O–H groups in total. The molecule has 27 heavy (non-hydrogen) atoms. The lowest BCUT2D eigenvalue weighted by Gasteiger charge is -2.15. The third kappa shape index (κ3) is 4.69. The maximum absolute atomic E-state index is 12.7. The first-order chi connectivity index (χ1) is 12.8. The summed E-state index contributed by atoms with van der Waals surface area (Å²) in [7, 11) is 3.08. The Hall–Kier alpha value is -3.22. The Morgan fingerprint density at radius 1 is 0.926 bits per heavy atom. The number of carbonyl (C=O) groups excluding carboxylic acids is 1. The van der Waals surface area contributed by atoms with Gasteiger partial charge in [-0.15, -0.1) is 0 Å². The third-order valence-electron chi connectivity index (χ3n) is 4.04. The molecule has 0 atom stereocenters. The number of methoxy groups -OCH3 is 2. The second kappa shape index (κ2) is 8.44. The number of hydrogen-bond donors (Lipinski definition) is 2. The Labute approximate surface area is 157 Å². The van der Waals surface area contributed by atoms with E-state index in [1.165, 1.54) is 7.11 Å². The lowest BCUT2D eigenvalue weighted by Crippen LogP contribution is -2.15. The molecule has 2 aromatic carbocycles. The number of benzene rings is 2. The first kappa shape index (κ1) is 20.1. The molecule has 0 aromatic heterocycles. The van der Waals surface area contributed by atoms with E-state index in [1.807, 2.05) is 6.92 Å². The normalized spacial score (nSPS) is 10.3. The molecule has 0 spiro atoms. The van der Waals surface area contributed by atoms with Gasteiger partial charge in [0.15, 0.2) is 18.1 Å². The maximum Gasteiger partial charge on any atom is 0.341 e. The maximum atomic E-state index is 12.7. The number of amides is 1. The minimum atomic E-state index is -1.06. The highest BCUT2D eigenvalue weighted by atomic mass is 16.5. The van der Waals surface area contributed by atoms with Crippen LogP contribution >= 0.6 is 0 Å². The van der Waals surface area contributed by atoms with Crippen molar-refractivity contribution in [1.82, 2.24) is 0 Å². The van der Waals surface area contributed by atoms with Crippen molar-refractivity contribution in [3.05, 3.63) is 46.5 Å². The second-order valence-corrected chi connectivity index (χ2v) is 6.10. The zero-order valence-electron chi connectivity index (χ0n) is 16.0. The Balaban J connectivity index is 2.27. The Kier molecular flexibility index (Phi) is 6.28. The molecule has 2 aromatic rings. The molecule has 0 radical (unpaired) electrons. The number of nitrogens with one attached hydrogen (secondary N) is 1. The molecule has 0 fully saturated rings. The van der Waals surface area contributed by atoms with Crippen LogP contribution in [0.15, 0.2) is 24.3 Å². The minimum absolute atomic E-state index is 0.290. The average molecular weight is 373 g/mol. The number of rotatable bonds is 7. The van der Waals surface area contributed by atoms with Crippen LogP contribution in [0.25, 0.3) is 0 Å². The number of carboxylic acids is 1. The molecule has 0 unspecified atom stereocenters. The first-order valence-electron chi connectivity index (χ1n) is 8.26. The highest BCUT2D eigenvalue weighted by Crippen LogP contribution is 2.33. The highest BCUT2D eigenvalue weighted by molar-refractivity contribution is 6.05. The summed E-state index contributed by atoms with van der Waals surface area (Å²) in [5.41, 5.74) is 3.26. The van der Waals surface area contributed by atoms with Crippen LogP contribution in [0.2, 0.25) is 0 Å². The van der Waals surface area contributed by atoms with E-state index in [1.54, 1.807) is 45.2 Å². The van der Waals surface area contributed by atoms with E-state index >= 15 is 0 Å². The summed E-state index contributed by atoms with van der Waals surface area (Å²) >= 11 is 0. The smallest absolute Gasteiger partial charge is 0.341 e. The number of anilines is 1. The van der Waals surface area contributed by atoms with Crippen LogP contribution in [0, 0.1) is 20.8 Å². The van der Waals surface area contributed by atoms with Crippen molar-refractivity contribution in [2.24, 2.45) is 0 Å². The zero-order valence-corrected chi connectivity index (χ0v) is 16.0. The summed E-state index contributed by atoms with van der Waals surface area (Å²) in [6.45, 7) is 4.96. The van der Waals surface area contributed by atoms with Crippen LogP contribution < -0.4 is 19.5 Å². The molecular weight excluding hydrogens is 350 g/mol. The van der Waals surface area contributed by atoms with Crippen LogP contribution in [0.1, 0.15) is 27.0 Å². The fourth-order valence-corrected chi connectivity index (χ4v) is 2.75. The van der Waals surface area contributed by atoms with Gasteiger partial charge in [0.05, 0.1) is 14.2 Å². The number of carbonyl (C=O) groups is 2. The summed E-state index contributed by atoms with van der Waals surface area (Å²) in [4.78, 5) is 23.4. The highest BCUT2D eigenvalue weighted by Gasteiger charge is 2.15. The standard InChI is InChI=1S/C20H23NO6/c1-11-8-16(25-4)17(26-5)9-15(11)21-20(24)14-6-12(2)19(13(3)7-14)27-10-18(22)23/h6-9H,10H2,1-5H3,(H,21,24)(H,22,23). The van der Waals surface area contributed by atoms with Crippen molar-refractivity contribution < 1.29 is 28.9 Å². The van der Waals surface area contributed by atoms with Crippen molar-refractivity contribution in [2.75, 3.05) is 26.1 Å². The zero-order chi connectivity index (χ0) is 20.1. The van der Waals surface area contributed by atoms with E-state index in [9.17, 15) is 9.59 Å². The Morgan fingerprint density at radius 3 is 2.00 bits per heavy atom. The third-order valence-corrected chi connectivity index (χ3v) is 4.04. The van der Waals surface area contributed by atoms with Gasteiger partial charge >= 0.3 is 5.97 Å². The SMILES string of the molecule is COc1cc(C)c(NC(=O)c2cc(C)c(OCC(=O)O)c(C)c2)cc1OC. The van der Waals surface area contributed by atoms with Crippen molar-refractivity contribution in [3.63, 3.8) is 0 Å². The molecule has 0 aliphatic carbocycles. The van der Waals surface area contributed by atoms with Gasteiger partial charge in [0.1, 0.15) is 5.75 Å². The summed E-state index contributed by atoms with van der Waals surface area (Å²) in [5.74, 6) is 0.222. The van der Waals surface area contributed by atoms with Crippen molar-refractivity contribution >= 4 is 17.6 Å². The van der Waals surface area contributed by atoms with E-state index in [2.05, 4.69) is 5.32 Å². The molecule has 0 aliphatic heterocycles. The summed E-state index contributed by atoms with van der Waals surface area (Å²) in [6, 6.07) is 6.81. The lowest BCUT2D eigenvalue weighted by molar-refractivity contribution is -0.139. The number of aliphatic carboxylic acids is 1. The summed E-state index contributed by atoms with van der Waals surface area (Å²) < 4.78 is 15.8. The van der Waals surface area contributed by atoms with Gasteiger partial charge in [0, 0.05) is 17.3 Å². The van der Waals surface area contributed by atoms with Gasteiger partial charge < -0.3 is 24.6 Å². The van der Waals surface area contributed by atoms with Crippen molar-refractivity contribution in [3.8, 4) is 17.2 Å². The molecule has 7 nitrogen and oxygen atoms in total. The first-order valence-corrected chi connectivity index (χ1v) is 8.26. The van der Waals surface area contributed by atoms with Gasteiger partial charge in [0.25, 0.3) is 5.91 Å². The molecule has 7 heteroatoms. The number of aryl methyl sites for hydroxylation is 3. The Bertz CT molecular complexity index is 852. The molecule has 144 valence electrons. The quantitative estimate of drug-likeness (QED) is 0.773. The van der Waals surface area contributed by atoms with E-state index in [4.69, 9.17) is 19.3 Å². The van der Waals surface area contributed by atoms with Gasteiger partial charge in [-0.3, -0.25) is 4.79 Å². The molecule has 2 rings (SSSR count). The fraction of sp³-hybridized carbons (Fsp3) is 0.300. The number of ether oxygens (including phenoxy) is 3. The van der Waals surface area contributed by atoms with Crippen molar-refractivity contribution in [1.29, 1.82) is 0 Å². The number of hydrogen-bond acceptors (Lipinski definition) is 5. The summed E-state index contributed by atoms with van der Waals surface area (Å²) in [6.07, 6.45) is 0. The van der Waals surface area contributed by atoms with E-state index in [-0.39, 0.29) is 5.91 Å². The van der Waals surface area contributed by atoms with Crippen LogP contribution in [-0.4, -0.2) is 37.8 Å². The van der Waals surface area contributed by atoms with E-state index in [0.29, 0.717) is 39.6 Å². The van der Waals surface area contributed by atoms with Gasteiger partial charge in [-0.25, -0.2) is 4.79 Å². The van der Waals surface area contributed by atoms with Gasteiger partial charge in [-0.05, 0) is 55.7 Å². The van der Waals surface area contributed by atoms with Gasteiger partial charge in [-0.1, -0.05) is 0 Å². The van der Waals surface area contributed by atoms with Crippen LogP contribution in [0.3, 0.4) is 0 Å².